The van der Waals surface area contributed by atoms with E-state index in [1.807, 2.05) is 30.3 Å². The maximum atomic E-state index is 12.2. The van der Waals surface area contributed by atoms with Gasteiger partial charge in [-0.2, -0.15) is 0 Å². The van der Waals surface area contributed by atoms with Gasteiger partial charge in [-0.1, -0.05) is 0 Å². The van der Waals surface area contributed by atoms with E-state index in [1.54, 1.807) is 26.6 Å². The van der Waals surface area contributed by atoms with Crippen molar-refractivity contribution in [3.63, 3.8) is 0 Å². The zero-order chi connectivity index (χ0) is 20.2. The summed E-state index contributed by atoms with van der Waals surface area (Å²) in [5.41, 5.74) is 2.44. The first-order valence-corrected chi connectivity index (χ1v) is 9.61. The van der Waals surface area contributed by atoms with E-state index in [0.717, 1.165) is 54.5 Å². The Bertz CT molecular complexity index is 1040. The number of hydrogen-bond donors (Lipinski definition) is 1. The Morgan fingerprint density at radius 1 is 1.21 bits per heavy atom. The van der Waals surface area contributed by atoms with Crippen LogP contribution in [0.15, 0.2) is 53.6 Å². The van der Waals surface area contributed by atoms with Crippen LogP contribution in [0.1, 0.15) is 23.7 Å². The van der Waals surface area contributed by atoms with Crippen molar-refractivity contribution in [2.24, 2.45) is 0 Å². The molecule has 7 nitrogen and oxygen atoms in total. The maximum absolute atomic E-state index is 12.2. The summed E-state index contributed by atoms with van der Waals surface area (Å²) in [7, 11) is 3.34. The average molecular weight is 392 g/mol. The molecular formula is C22H24N4O3. The fraction of sp³-hybridized carbons (Fsp3) is 0.318. The summed E-state index contributed by atoms with van der Waals surface area (Å²) >= 11 is 0. The van der Waals surface area contributed by atoms with Gasteiger partial charge in [-0.25, -0.2) is 4.98 Å². The van der Waals surface area contributed by atoms with Crippen LogP contribution in [0.4, 0.5) is 0 Å². The first-order chi connectivity index (χ1) is 14.2. The monoisotopic (exact) mass is 392 g/mol. The molecule has 0 radical (unpaired) electrons. The summed E-state index contributed by atoms with van der Waals surface area (Å²) in [5, 5.41) is 0. The molecule has 1 aliphatic heterocycles. The Labute approximate surface area is 169 Å². The van der Waals surface area contributed by atoms with Crippen molar-refractivity contribution in [1.82, 2.24) is 19.9 Å². The lowest BCUT2D eigenvalue weighted by molar-refractivity contribution is 0.314. The molecule has 1 atom stereocenters. The predicted octanol–water partition coefficient (Wildman–Crippen LogP) is 2.84. The Morgan fingerprint density at radius 2 is 2.10 bits per heavy atom. The van der Waals surface area contributed by atoms with E-state index in [9.17, 15) is 4.79 Å². The van der Waals surface area contributed by atoms with Crippen LogP contribution in [0, 0.1) is 0 Å². The van der Waals surface area contributed by atoms with Gasteiger partial charge < -0.3 is 14.5 Å². The topological polar surface area (TPSA) is 80.3 Å². The first-order valence-electron chi connectivity index (χ1n) is 9.61. The van der Waals surface area contributed by atoms with Gasteiger partial charge in [-0.05, 0) is 43.3 Å². The molecule has 0 bridgehead atoms. The number of nitrogens with zero attached hydrogens (tertiary/aromatic N) is 3. The lowest BCUT2D eigenvalue weighted by Gasteiger charge is -2.18. The normalized spacial score (nSPS) is 16.7. The predicted molar refractivity (Wildman–Crippen MR) is 110 cm³/mol. The van der Waals surface area contributed by atoms with Crippen LogP contribution < -0.4 is 15.0 Å². The third-order valence-corrected chi connectivity index (χ3v) is 5.26. The van der Waals surface area contributed by atoms with E-state index in [4.69, 9.17) is 14.5 Å². The number of methoxy groups -OCH3 is 2. The second kappa shape index (κ2) is 8.45. The smallest absolute Gasteiger partial charge is 0.251 e. The second-order valence-electron chi connectivity index (χ2n) is 7.16. The fourth-order valence-corrected chi connectivity index (χ4v) is 3.78. The average Bonchev–Trinajstić information content (AvgIpc) is 3.22. The highest BCUT2D eigenvalue weighted by Gasteiger charge is 2.27. The Hall–Kier alpha value is -3.19. The van der Waals surface area contributed by atoms with Crippen LogP contribution in [-0.2, 0) is 6.54 Å². The SMILES string of the molecule is COc1ccc(OC)c(CN2CCC(c3nc(-c4cccnc4)cc(=O)[nH]3)C2)c1. The minimum absolute atomic E-state index is 0.137. The van der Waals surface area contributed by atoms with Crippen molar-refractivity contribution in [2.45, 2.75) is 18.9 Å². The fourth-order valence-electron chi connectivity index (χ4n) is 3.78. The van der Waals surface area contributed by atoms with E-state index >= 15 is 0 Å². The molecule has 0 aliphatic carbocycles. The number of nitrogens with one attached hydrogen (secondary N) is 1. The zero-order valence-electron chi connectivity index (χ0n) is 16.6. The van der Waals surface area contributed by atoms with Gasteiger partial charge in [0.2, 0.25) is 0 Å². The molecule has 1 aliphatic rings. The molecule has 1 fully saturated rings. The molecule has 4 rings (SSSR count). The highest BCUT2D eigenvalue weighted by Crippen LogP contribution is 2.30. The summed E-state index contributed by atoms with van der Waals surface area (Å²) < 4.78 is 10.8. The molecule has 3 aromatic rings. The van der Waals surface area contributed by atoms with E-state index in [2.05, 4.69) is 14.9 Å². The van der Waals surface area contributed by atoms with Gasteiger partial charge >= 0.3 is 0 Å². The zero-order valence-corrected chi connectivity index (χ0v) is 16.6. The van der Waals surface area contributed by atoms with Gasteiger partial charge in [0.25, 0.3) is 5.56 Å². The number of H-pyrrole nitrogens is 1. The standard InChI is InChI=1S/C22H24N4O3/c1-28-18-5-6-20(29-2)17(10-18)14-26-9-7-16(13-26)22-24-19(11-21(27)25-22)15-4-3-8-23-12-15/h3-6,8,10-12,16H,7,9,13-14H2,1-2H3,(H,24,25,27). The summed E-state index contributed by atoms with van der Waals surface area (Å²) in [6.07, 6.45) is 4.37. The van der Waals surface area contributed by atoms with Gasteiger partial charge in [-0.3, -0.25) is 14.7 Å². The van der Waals surface area contributed by atoms with E-state index in [1.165, 1.54) is 6.07 Å². The molecular weight excluding hydrogens is 368 g/mol. The number of ether oxygens (including phenoxy) is 2. The Morgan fingerprint density at radius 3 is 2.86 bits per heavy atom. The van der Waals surface area contributed by atoms with E-state index in [0.29, 0.717) is 5.69 Å². The minimum atomic E-state index is -0.137. The number of benzene rings is 1. The highest BCUT2D eigenvalue weighted by molar-refractivity contribution is 5.57. The quantitative estimate of drug-likeness (QED) is 0.695. The van der Waals surface area contributed by atoms with Crippen LogP contribution in [0.3, 0.4) is 0 Å². The lowest BCUT2D eigenvalue weighted by atomic mass is 10.1. The van der Waals surface area contributed by atoms with Crippen molar-refractivity contribution >= 4 is 0 Å². The van der Waals surface area contributed by atoms with Crippen LogP contribution in [0.2, 0.25) is 0 Å². The first kappa shape index (κ1) is 19.1. The molecule has 150 valence electrons. The van der Waals surface area contributed by atoms with Crippen LogP contribution >= 0.6 is 0 Å². The number of pyridine rings is 1. The Kier molecular flexibility index (Phi) is 5.57. The second-order valence-corrected chi connectivity index (χ2v) is 7.16. The number of hydrogen-bond acceptors (Lipinski definition) is 6. The number of likely N-dealkylation sites (tertiary alicyclic amines) is 1. The molecule has 2 aromatic heterocycles. The van der Waals surface area contributed by atoms with Crippen molar-refractivity contribution < 1.29 is 9.47 Å². The Balaban J connectivity index is 1.52. The third-order valence-electron chi connectivity index (χ3n) is 5.26. The van der Waals surface area contributed by atoms with Gasteiger partial charge in [0, 0.05) is 48.6 Å². The van der Waals surface area contributed by atoms with Crippen molar-refractivity contribution in [2.75, 3.05) is 27.3 Å². The minimum Gasteiger partial charge on any atom is -0.497 e. The molecule has 0 saturated carbocycles. The van der Waals surface area contributed by atoms with Gasteiger partial charge in [-0.15, -0.1) is 0 Å². The molecule has 0 amide bonds. The maximum Gasteiger partial charge on any atom is 0.251 e. The van der Waals surface area contributed by atoms with Gasteiger partial charge in [0.15, 0.2) is 0 Å². The summed E-state index contributed by atoms with van der Waals surface area (Å²) in [6, 6.07) is 11.1. The molecule has 3 heterocycles. The van der Waals surface area contributed by atoms with E-state index in [-0.39, 0.29) is 11.5 Å². The van der Waals surface area contributed by atoms with Crippen molar-refractivity contribution in [1.29, 1.82) is 0 Å². The highest BCUT2D eigenvalue weighted by atomic mass is 16.5. The molecule has 1 saturated heterocycles. The summed E-state index contributed by atoms with van der Waals surface area (Å²) in [5.74, 6) is 2.57. The van der Waals surface area contributed by atoms with E-state index < -0.39 is 0 Å². The molecule has 1 aromatic carbocycles. The van der Waals surface area contributed by atoms with Gasteiger partial charge in [0.1, 0.15) is 17.3 Å². The van der Waals surface area contributed by atoms with Crippen LogP contribution in [0.5, 0.6) is 11.5 Å². The van der Waals surface area contributed by atoms with Gasteiger partial charge in [0.05, 0.1) is 19.9 Å². The number of rotatable bonds is 6. The molecule has 1 N–H and O–H groups in total. The third kappa shape index (κ3) is 4.30. The van der Waals surface area contributed by atoms with Crippen LogP contribution in [0.25, 0.3) is 11.3 Å². The molecule has 0 spiro atoms. The van der Waals surface area contributed by atoms with Crippen molar-refractivity contribution in [3.8, 4) is 22.8 Å². The summed E-state index contributed by atoms with van der Waals surface area (Å²) in [4.78, 5) is 26.3. The number of aromatic amines is 1. The summed E-state index contributed by atoms with van der Waals surface area (Å²) in [6.45, 7) is 2.50. The lowest BCUT2D eigenvalue weighted by Crippen LogP contribution is -2.21. The van der Waals surface area contributed by atoms with Crippen molar-refractivity contribution in [3.05, 3.63) is 70.5 Å². The molecule has 29 heavy (non-hydrogen) atoms. The molecule has 7 heteroatoms. The number of aromatic nitrogens is 3. The molecule has 1 unspecified atom stereocenters. The largest absolute Gasteiger partial charge is 0.497 e. The van der Waals surface area contributed by atoms with Crippen LogP contribution in [-0.4, -0.2) is 47.2 Å².